The van der Waals surface area contributed by atoms with Gasteiger partial charge >= 0.3 is 0 Å². The van der Waals surface area contributed by atoms with Gasteiger partial charge in [0.2, 0.25) is 0 Å². The molecule has 2 rings (SSSR count). The summed E-state index contributed by atoms with van der Waals surface area (Å²) >= 11 is 0. The lowest BCUT2D eigenvalue weighted by Crippen LogP contribution is -2.08. The summed E-state index contributed by atoms with van der Waals surface area (Å²) in [6, 6.07) is 18.7. The highest BCUT2D eigenvalue weighted by Gasteiger charge is 2.07. The van der Waals surface area contributed by atoms with Crippen molar-refractivity contribution in [3.63, 3.8) is 0 Å². The van der Waals surface area contributed by atoms with Crippen LogP contribution in [0.4, 0.5) is 0 Å². The Hall–Kier alpha value is -4.52. The molecule has 170 valence electrons. The van der Waals surface area contributed by atoms with Gasteiger partial charge in [0.05, 0.1) is 38.5 Å². The van der Waals surface area contributed by atoms with Gasteiger partial charge in [-0.15, -0.1) is 0 Å². The summed E-state index contributed by atoms with van der Waals surface area (Å²) in [4.78, 5) is 6.49. The number of allylic oxidation sites excluding steroid dienone is 4. The van der Waals surface area contributed by atoms with Crippen LogP contribution in [0.5, 0.6) is 11.5 Å². The minimum atomic E-state index is 0.0980. The van der Waals surface area contributed by atoms with Crippen LogP contribution in [0.15, 0.2) is 59.9 Å². The molecule has 2 aromatic rings. The Morgan fingerprint density at radius 3 is 1.41 bits per heavy atom. The summed E-state index contributed by atoms with van der Waals surface area (Å²) < 4.78 is 11.7. The summed E-state index contributed by atoms with van der Waals surface area (Å²) in [7, 11) is 0. The molecular weight excluding hydrogens is 424 g/mol. The van der Waals surface area contributed by atoms with Crippen molar-refractivity contribution in [2.75, 3.05) is 13.2 Å². The van der Waals surface area contributed by atoms with Gasteiger partial charge in [0.15, 0.2) is 0 Å². The van der Waals surface area contributed by atoms with Crippen LogP contribution in [-0.4, -0.2) is 13.2 Å². The summed E-state index contributed by atoms with van der Waals surface area (Å²) in [6.07, 6.45) is 1.77. The minimum Gasteiger partial charge on any atom is -0.494 e. The van der Waals surface area contributed by atoms with Crippen LogP contribution in [0.1, 0.15) is 44.7 Å². The normalized spacial score (nSPS) is 11.8. The molecule has 34 heavy (non-hydrogen) atoms. The van der Waals surface area contributed by atoms with Gasteiger partial charge in [0, 0.05) is 0 Å². The predicted molar refractivity (Wildman–Crippen MR) is 132 cm³/mol. The first-order valence-electron chi connectivity index (χ1n) is 10.9. The number of hydrogen-bond donors (Lipinski definition) is 0. The number of ether oxygens (including phenoxy) is 2. The van der Waals surface area contributed by atoms with Crippen LogP contribution >= 0.6 is 0 Å². The van der Waals surface area contributed by atoms with Gasteiger partial charge in [-0.05, 0) is 79.1 Å². The van der Waals surface area contributed by atoms with Crippen molar-refractivity contribution in [3.05, 3.63) is 93.9 Å². The van der Waals surface area contributed by atoms with E-state index >= 15 is 0 Å². The topological polar surface area (TPSA) is 74.8 Å². The molecule has 0 aliphatic heterocycles. The molecule has 2 aromatic carbocycles. The molecule has 0 heterocycles. The second kappa shape index (κ2) is 13.1. The van der Waals surface area contributed by atoms with E-state index in [0.29, 0.717) is 30.3 Å². The van der Waals surface area contributed by atoms with E-state index in [9.17, 15) is 0 Å². The van der Waals surface area contributed by atoms with Gasteiger partial charge in [0.1, 0.15) is 11.5 Å². The molecule has 0 amide bonds. The maximum atomic E-state index is 9.00. The molecule has 0 spiro atoms. The van der Waals surface area contributed by atoms with Gasteiger partial charge in [0.25, 0.3) is 11.4 Å². The molecule has 0 atom stereocenters. The zero-order chi connectivity index (χ0) is 24.9. The maximum absolute atomic E-state index is 9.00. The third-order valence-electron chi connectivity index (χ3n) is 5.48. The zero-order valence-corrected chi connectivity index (χ0v) is 19.6. The van der Waals surface area contributed by atoms with Crippen LogP contribution in [0.3, 0.4) is 0 Å². The molecular formula is C28H26N4O2. The molecule has 0 aliphatic rings. The highest BCUT2D eigenvalue weighted by Crippen LogP contribution is 2.23. The fraction of sp³-hybridized carbons (Fsp3) is 0.286. The number of nitrogens with zero attached hydrogens (tertiary/aromatic N) is 4. The van der Waals surface area contributed by atoms with Crippen molar-refractivity contribution in [1.29, 1.82) is 10.5 Å². The Morgan fingerprint density at radius 1 is 0.765 bits per heavy atom. The highest BCUT2D eigenvalue weighted by atomic mass is 16.5. The number of nitriles is 2. The maximum Gasteiger partial charge on any atom is 0.265 e. The molecule has 0 unspecified atom stereocenters. The predicted octanol–water partition coefficient (Wildman–Crippen LogP) is 6.91. The third-order valence-corrected chi connectivity index (χ3v) is 5.48. The molecule has 0 saturated carbocycles. The van der Waals surface area contributed by atoms with Crippen LogP contribution in [0.2, 0.25) is 0 Å². The Labute approximate surface area is 201 Å². The van der Waals surface area contributed by atoms with Gasteiger partial charge in [-0.1, -0.05) is 31.2 Å². The van der Waals surface area contributed by atoms with Gasteiger partial charge in [-0.3, -0.25) is 0 Å². The van der Waals surface area contributed by atoms with Gasteiger partial charge in [-0.25, -0.2) is 20.2 Å². The molecule has 0 fully saturated rings. The first-order chi connectivity index (χ1) is 16.4. The largest absolute Gasteiger partial charge is 0.494 e. The number of rotatable bonds is 10. The second-order valence-electron chi connectivity index (χ2n) is 7.82. The van der Waals surface area contributed by atoms with Crippen molar-refractivity contribution >= 4 is 11.1 Å². The van der Waals surface area contributed by atoms with Crippen molar-refractivity contribution in [1.82, 2.24) is 0 Å². The summed E-state index contributed by atoms with van der Waals surface area (Å²) in [5.74, 6) is 1.93. The molecule has 6 heteroatoms. The molecule has 0 aliphatic carbocycles. The van der Waals surface area contributed by atoms with E-state index in [1.807, 2.05) is 60.7 Å². The first kappa shape index (κ1) is 25.7. The fourth-order valence-electron chi connectivity index (χ4n) is 3.16. The molecule has 0 bridgehead atoms. The van der Waals surface area contributed by atoms with Crippen molar-refractivity contribution in [3.8, 4) is 23.6 Å². The number of benzene rings is 2. The fourth-order valence-corrected chi connectivity index (χ4v) is 3.16. The molecule has 0 aromatic heterocycles. The smallest absolute Gasteiger partial charge is 0.265 e. The first-order valence-corrected chi connectivity index (χ1v) is 10.9. The van der Waals surface area contributed by atoms with E-state index in [4.69, 9.17) is 33.1 Å². The van der Waals surface area contributed by atoms with Crippen LogP contribution in [-0.2, 0) is 0 Å². The third kappa shape index (κ3) is 7.27. The lowest BCUT2D eigenvalue weighted by molar-refractivity contribution is 0.245. The quantitative estimate of drug-likeness (QED) is 0.291. The highest BCUT2D eigenvalue weighted by molar-refractivity contribution is 5.72. The standard InChI is InChI=1S/C28H26N4O2/c1-20(14-16-33-25-10-6-23(7-11-25)21(2)27(18-29)31-4)15-17-34-26-12-8-24(9-13-26)22(3)28(19-30)32-5/h6-13,20H,14-17H2,1-3H3/b27-21+,28-22+. The summed E-state index contributed by atoms with van der Waals surface area (Å²) in [5, 5.41) is 18.0. The van der Waals surface area contributed by atoms with Crippen molar-refractivity contribution < 1.29 is 9.47 Å². The SMILES string of the molecule is [C-]#[N+]/C(C#N)=C(\C)c1ccc(OCCC(C)CCOc2ccc(/C(C)=C(\C#N)[N+]#[C-])cc2)cc1. The van der Waals surface area contributed by atoms with Crippen molar-refractivity contribution in [2.45, 2.75) is 33.6 Å². The van der Waals surface area contributed by atoms with E-state index in [1.54, 1.807) is 13.8 Å². The average molecular weight is 451 g/mol. The summed E-state index contributed by atoms with van der Waals surface area (Å²) in [6.45, 7) is 21.0. The van der Waals surface area contributed by atoms with Crippen LogP contribution < -0.4 is 9.47 Å². The lowest BCUT2D eigenvalue weighted by Gasteiger charge is -2.14. The van der Waals surface area contributed by atoms with Crippen LogP contribution in [0, 0.1) is 41.7 Å². The number of hydrogen-bond acceptors (Lipinski definition) is 4. The minimum absolute atomic E-state index is 0.0980. The van der Waals surface area contributed by atoms with Crippen molar-refractivity contribution in [2.24, 2.45) is 5.92 Å². The Morgan fingerprint density at radius 2 is 1.12 bits per heavy atom. The molecule has 0 radical (unpaired) electrons. The van der Waals surface area contributed by atoms with Crippen LogP contribution in [0.25, 0.3) is 20.8 Å². The monoisotopic (exact) mass is 450 g/mol. The Bertz CT molecular complexity index is 1080. The molecule has 0 saturated heterocycles. The zero-order valence-electron chi connectivity index (χ0n) is 19.6. The lowest BCUT2D eigenvalue weighted by atomic mass is 10.0. The van der Waals surface area contributed by atoms with E-state index in [-0.39, 0.29) is 11.4 Å². The molecule has 0 N–H and O–H groups in total. The second-order valence-corrected chi connectivity index (χ2v) is 7.82. The Balaban J connectivity index is 1.76. The average Bonchev–Trinajstić information content (AvgIpc) is 2.86. The van der Waals surface area contributed by atoms with Gasteiger partial charge < -0.3 is 9.47 Å². The summed E-state index contributed by atoms with van der Waals surface area (Å²) in [5.41, 5.74) is 3.19. The Kier molecular flexibility index (Phi) is 9.94. The van der Waals surface area contributed by atoms with E-state index in [0.717, 1.165) is 35.5 Å². The van der Waals surface area contributed by atoms with E-state index in [1.165, 1.54) is 0 Å². The van der Waals surface area contributed by atoms with E-state index < -0.39 is 0 Å². The van der Waals surface area contributed by atoms with Gasteiger partial charge in [-0.2, -0.15) is 0 Å². The van der Waals surface area contributed by atoms with E-state index in [2.05, 4.69) is 16.6 Å². The molecule has 6 nitrogen and oxygen atoms in total.